The van der Waals surface area contributed by atoms with E-state index in [2.05, 4.69) is 46.7 Å². The van der Waals surface area contributed by atoms with Crippen LogP contribution >= 0.6 is 0 Å². The first-order chi connectivity index (χ1) is 15.2. The molecular weight excluding hydrogens is 384 g/mol. The van der Waals surface area contributed by atoms with Crippen molar-refractivity contribution in [3.63, 3.8) is 0 Å². The number of likely N-dealkylation sites (tertiary alicyclic amines) is 1. The summed E-state index contributed by atoms with van der Waals surface area (Å²) >= 11 is 0. The molecule has 0 N–H and O–H groups in total. The van der Waals surface area contributed by atoms with E-state index in [9.17, 15) is 4.79 Å². The van der Waals surface area contributed by atoms with Crippen LogP contribution in [0.4, 0.5) is 5.69 Å². The highest BCUT2D eigenvalue weighted by Gasteiger charge is 2.19. The number of nitrogens with zero attached hydrogens (tertiary/aromatic N) is 4. The number of aromatic nitrogens is 2. The first-order valence-electron chi connectivity index (χ1n) is 11.8. The van der Waals surface area contributed by atoms with E-state index in [4.69, 9.17) is 4.98 Å². The number of piperidine rings is 2. The van der Waals surface area contributed by atoms with Crippen LogP contribution in [-0.4, -0.2) is 46.5 Å². The van der Waals surface area contributed by atoms with Crippen LogP contribution in [0.5, 0.6) is 0 Å². The van der Waals surface area contributed by atoms with Gasteiger partial charge in [-0.05, 0) is 81.3 Å². The standard InChI is InChI=1S/C26H32N4O/c1-20-27-24-18-22(26(31)29-15-6-3-7-16-29)11-12-25(24)30(20)19-21-9-8-10-23(17-21)28-13-4-2-5-14-28/h8-12,17-18H,2-7,13-16,19H2,1H3. The van der Waals surface area contributed by atoms with Gasteiger partial charge in [-0.25, -0.2) is 4.98 Å². The maximum atomic E-state index is 12.9. The summed E-state index contributed by atoms with van der Waals surface area (Å²) in [4.78, 5) is 22.2. The van der Waals surface area contributed by atoms with Gasteiger partial charge in [-0.2, -0.15) is 0 Å². The molecule has 1 aromatic heterocycles. The summed E-state index contributed by atoms with van der Waals surface area (Å²) < 4.78 is 2.26. The molecule has 2 aliphatic heterocycles. The topological polar surface area (TPSA) is 41.4 Å². The predicted molar refractivity (Wildman–Crippen MR) is 126 cm³/mol. The molecule has 0 unspecified atom stereocenters. The zero-order chi connectivity index (χ0) is 21.2. The minimum Gasteiger partial charge on any atom is -0.372 e. The van der Waals surface area contributed by atoms with Crippen molar-refractivity contribution in [3.05, 3.63) is 59.4 Å². The minimum absolute atomic E-state index is 0.142. The van der Waals surface area contributed by atoms with Crippen molar-refractivity contribution in [2.24, 2.45) is 0 Å². The Morgan fingerprint density at radius 3 is 2.42 bits per heavy atom. The fraction of sp³-hybridized carbons (Fsp3) is 0.462. The van der Waals surface area contributed by atoms with Crippen molar-refractivity contribution in [1.29, 1.82) is 0 Å². The Morgan fingerprint density at radius 1 is 0.903 bits per heavy atom. The molecule has 2 aromatic carbocycles. The van der Waals surface area contributed by atoms with Crippen LogP contribution in [0.25, 0.3) is 11.0 Å². The number of carbonyl (C=O) groups is 1. The van der Waals surface area contributed by atoms with E-state index >= 15 is 0 Å². The number of aryl methyl sites for hydroxylation is 1. The number of imidazole rings is 1. The first-order valence-corrected chi connectivity index (χ1v) is 11.8. The summed E-state index contributed by atoms with van der Waals surface area (Å²) in [5.41, 5.74) is 5.38. The number of amides is 1. The average molecular weight is 417 g/mol. The van der Waals surface area contributed by atoms with Crippen LogP contribution in [0, 0.1) is 6.92 Å². The van der Waals surface area contributed by atoms with Gasteiger partial charge in [0, 0.05) is 44.0 Å². The Kier molecular flexibility index (Phi) is 5.66. The second kappa shape index (κ2) is 8.74. The number of hydrogen-bond acceptors (Lipinski definition) is 3. The average Bonchev–Trinajstić information content (AvgIpc) is 3.14. The van der Waals surface area contributed by atoms with Crippen LogP contribution in [0.2, 0.25) is 0 Å². The van der Waals surface area contributed by atoms with Crippen molar-refractivity contribution >= 4 is 22.6 Å². The number of anilines is 1. The molecule has 5 rings (SSSR count). The van der Waals surface area contributed by atoms with Crippen molar-refractivity contribution in [2.75, 3.05) is 31.1 Å². The third-order valence-electron chi connectivity index (χ3n) is 6.80. The van der Waals surface area contributed by atoms with Gasteiger partial charge < -0.3 is 14.4 Å². The van der Waals surface area contributed by atoms with Crippen molar-refractivity contribution in [1.82, 2.24) is 14.5 Å². The highest BCUT2D eigenvalue weighted by molar-refractivity contribution is 5.97. The summed E-state index contributed by atoms with van der Waals surface area (Å²) in [6.45, 7) is 6.91. The van der Waals surface area contributed by atoms with Crippen LogP contribution in [0.3, 0.4) is 0 Å². The molecule has 0 radical (unpaired) electrons. The second-order valence-electron chi connectivity index (χ2n) is 9.02. The number of rotatable bonds is 4. The van der Waals surface area contributed by atoms with E-state index in [0.29, 0.717) is 0 Å². The van der Waals surface area contributed by atoms with Gasteiger partial charge in [0.05, 0.1) is 11.0 Å². The third kappa shape index (κ3) is 4.18. The number of hydrogen-bond donors (Lipinski definition) is 0. The van der Waals surface area contributed by atoms with Gasteiger partial charge in [0.15, 0.2) is 0 Å². The molecule has 2 saturated heterocycles. The van der Waals surface area contributed by atoms with E-state index in [1.807, 2.05) is 17.0 Å². The highest BCUT2D eigenvalue weighted by Crippen LogP contribution is 2.24. The predicted octanol–water partition coefficient (Wildman–Crippen LogP) is 5.01. The van der Waals surface area contributed by atoms with Crippen molar-refractivity contribution in [2.45, 2.75) is 52.0 Å². The molecule has 0 bridgehead atoms. The summed E-state index contributed by atoms with van der Waals surface area (Å²) in [5.74, 6) is 1.13. The van der Waals surface area contributed by atoms with Crippen molar-refractivity contribution < 1.29 is 4.79 Å². The van der Waals surface area contributed by atoms with E-state index < -0.39 is 0 Å². The fourth-order valence-electron chi connectivity index (χ4n) is 5.05. The molecule has 5 heteroatoms. The van der Waals surface area contributed by atoms with Gasteiger partial charge in [-0.3, -0.25) is 4.79 Å². The zero-order valence-electron chi connectivity index (χ0n) is 18.5. The Hall–Kier alpha value is -2.82. The molecular formula is C26H32N4O. The van der Waals surface area contributed by atoms with Gasteiger partial charge in [-0.15, -0.1) is 0 Å². The second-order valence-corrected chi connectivity index (χ2v) is 9.02. The van der Waals surface area contributed by atoms with Gasteiger partial charge in [-0.1, -0.05) is 12.1 Å². The molecule has 2 aliphatic rings. The summed E-state index contributed by atoms with van der Waals surface area (Å²) in [6, 6.07) is 14.9. The van der Waals surface area contributed by atoms with Crippen LogP contribution in [-0.2, 0) is 6.54 Å². The molecule has 2 fully saturated rings. The first kappa shape index (κ1) is 20.1. The summed E-state index contributed by atoms with van der Waals surface area (Å²) in [6.07, 6.45) is 7.36. The molecule has 0 saturated carbocycles. The largest absolute Gasteiger partial charge is 0.372 e. The lowest BCUT2D eigenvalue weighted by Crippen LogP contribution is -2.35. The molecule has 3 aromatic rings. The van der Waals surface area contributed by atoms with Gasteiger partial charge >= 0.3 is 0 Å². The fourth-order valence-corrected chi connectivity index (χ4v) is 5.05. The zero-order valence-corrected chi connectivity index (χ0v) is 18.5. The van der Waals surface area contributed by atoms with Gasteiger partial charge in [0.25, 0.3) is 5.91 Å². The Bertz CT molecular complexity index is 1070. The Balaban J connectivity index is 1.39. The lowest BCUT2D eigenvalue weighted by atomic mass is 10.1. The van der Waals surface area contributed by atoms with Gasteiger partial charge in [0.1, 0.15) is 5.82 Å². The van der Waals surface area contributed by atoms with Crippen LogP contribution < -0.4 is 4.90 Å². The highest BCUT2D eigenvalue weighted by atomic mass is 16.2. The third-order valence-corrected chi connectivity index (χ3v) is 6.80. The lowest BCUT2D eigenvalue weighted by Gasteiger charge is -2.29. The van der Waals surface area contributed by atoms with Crippen LogP contribution in [0.1, 0.15) is 60.3 Å². The molecule has 162 valence electrons. The number of carbonyl (C=O) groups excluding carboxylic acids is 1. The molecule has 31 heavy (non-hydrogen) atoms. The number of benzene rings is 2. The quantitative estimate of drug-likeness (QED) is 0.600. The Labute approximate surface area is 184 Å². The smallest absolute Gasteiger partial charge is 0.253 e. The van der Waals surface area contributed by atoms with Crippen LogP contribution in [0.15, 0.2) is 42.5 Å². The SMILES string of the molecule is Cc1nc2cc(C(=O)N3CCCCC3)ccc2n1Cc1cccc(N2CCCCC2)c1. The normalized spacial score (nSPS) is 17.3. The lowest BCUT2D eigenvalue weighted by molar-refractivity contribution is 0.0724. The summed E-state index contributed by atoms with van der Waals surface area (Å²) in [5, 5.41) is 0. The van der Waals surface area contributed by atoms with Crippen molar-refractivity contribution in [3.8, 4) is 0 Å². The van der Waals surface area contributed by atoms with E-state index in [1.54, 1.807) is 0 Å². The van der Waals surface area contributed by atoms with E-state index in [-0.39, 0.29) is 5.91 Å². The monoisotopic (exact) mass is 416 g/mol. The van der Waals surface area contributed by atoms with E-state index in [0.717, 1.165) is 68.0 Å². The van der Waals surface area contributed by atoms with Gasteiger partial charge in [0.2, 0.25) is 0 Å². The summed E-state index contributed by atoms with van der Waals surface area (Å²) in [7, 11) is 0. The Morgan fingerprint density at radius 2 is 1.65 bits per heavy atom. The molecule has 3 heterocycles. The maximum absolute atomic E-state index is 12.9. The van der Waals surface area contributed by atoms with E-state index in [1.165, 1.54) is 36.9 Å². The molecule has 5 nitrogen and oxygen atoms in total. The number of fused-ring (bicyclic) bond motifs is 1. The molecule has 0 atom stereocenters. The molecule has 1 amide bonds. The molecule has 0 aliphatic carbocycles. The minimum atomic E-state index is 0.142. The maximum Gasteiger partial charge on any atom is 0.253 e. The molecule has 0 spiro atoms.